The lowest BCUT2D eigenvalue weighted by Crippen LogP contribution is -2.28. The van der Waals surface area contributed by atoms with E-state index < -0.39 is 0 Å². The van der Waals surface area contributed by atoms with Gasteiger partial charge in [-0.25, -0.2) is 0 Å². The third kappa shape index (κ3) is 1.76. The number of fused-ring (bicyclic) bond motifs is 1. The van der Waals surface area contributed by atoms with Gasteiger partial charge in [0.15, 0.2) is 0 Å². The molecule has 0 aliphatic heterocycles. The monoisotopic (exact) mass is 215 g/mol. The maximum atomic E-state index is 9.46. The van der Waals surface area contributed by atoms with E-state index in [1.807, 2.05) is 18.2 Å². The summed E-state index contributed by atoms with van der Waals surface area (Å²) in [5, 5.41) is 11.7. The summed E-state index contributed by atoms with van der Waals surface area (Å²) in [6.45, 7) is 4.87. The van der Waals surface area contributed by atoms with Crippen molar-refractivity contribution in [3.63, 3.8) is 0 Å². The van der Waals surface area contributed by atoms with Crippen molar-refractivity contribution in [2.24, 2.45) is 5.73 Å². The van der Waals surface area contributed by atoms with E-state index in [1.54, 1.807) is 12.1 Å². The van der Waals surface area contributed by atoms with Gasteiger partial charge in [0.1, 0.15) is 5.75 Å². The molecule has 0 fully saturated rings. The first-order valence-electron chi connectivity index (χ1n) is 5.47. The molecule has 2 rings (SSSR count). The Kier molecular flexibility index (Phi) is 2.60. The van der Waals surface area contributed by atoms with Crippen LogP contribution in [0.4, 0.5) is 0 Å². The van der Waals surface area contributed by atoms with Crippen molar-refractivity contribution < 1.29 is 5.11 Å². The number of hydrogen-bond donors (Lipinski definition) is 2. The second-order valence-corrected chi connectivity index (χ2v) is 4.80. The van der Waals surface area contributed by atoms with Gasteiger partial charge in [-0.15, -0.1) is 0 Å². The molecule has 0 heterocycles. The Morgan fingerprint density at radius 1 is 1.19 bits per heavy atom. The van der Waals surface area contributed by atoms with Gasteiger partial charge in [0.25, 0.3) is 0 Å². The SMILES string of the molecule is CC(C)(CN)c1cccc2cc(O)ccc12. The highest BCUT2D eigenvalue weighted by molar-refractivity contribution is 5.87. The molecular weight excluding hydrogens is 198 g/mol. The molecule has 0 aromatic heterocycles. The maximum absolute atomic E-state index is 9.46. The second-order valence-electron chi connectivity index (χ2n) is 4.80. The van der Waals surface area contributed by atoms with Crippen LogP contribution in [0.3, 0.4) is 0 Å². The number of phenols is 1. The molecule has 0 bridgehead atoms. The molecule has 0 amide bonds. The van der Waals surface area contributed by atoms with Crippen LogP contribution in [0.2, 0.25) is 0 Å². The van der Waals surface area contributed by atoms with Gasteiger partial charge in [-0.1, -0.05) is 38.1 Å². The molecule has 0 atom stereocenters. The molecule has 2 aromatic rings. The number of hydrogen-bond acceptors (Lipinski definition) is 2. The molecule has 84 valence electrons. The molecule has 16 heavy (non-hydrogen) atoms. The van der Waals surface area contributed by atoms with Crippen molar-refractivity contribution in [3.8, 4) is 5.75 Å². The first-order chi connectivity index (χ1) is 7.54. The van der Waals surface area contributed by atoms with Crippen molar-refractivity contribution in [2.45, 2.75) is 19.3 Å². The van der Waals surface area contributed by atoms with Crippen LogP contribution in [-0.2, 0) is 5.41 Å². The second kappa shape index (κ2) is 3.80. The lowest BCUT2D eigenvalue weighted by atomic mass is 9.82. The number of benzene rings is 2. The first-order valence-corrected chi connectivity index (χ1v) is 5.47. The van der Waals surface area contributed by atoms with Gasteiger partial charge in [-0.2, -0.15) is 0 Å². The predicted octanol–water partition coefficient (Wildman–Crippen LogP) is 2.78. The van der Waals surface area contributed by atoms with Gasteiger partial charge >= 0.3 is 0 Å². The van der Waals surface area contributed by atoms with Crippen LogP contribution in [0.5, 0.6) is 5.75 Å². The van der Waals surface area contributed by atoms with Gasteiger partial charge in [0.2, 0.25) is 0 Å². The summed E-state index contributed by atoms with van der Waals surface area (Å²) in [4.78, 5) is 0. The smallest absolute Gasteiger partial charge is 0.116 e. The zero-order valence-corrected chi connectivity index (χ0v) is 9.70. The average Bonchev–Trinajstić information content (AvgIpc) is 2.27. The zero-order chi connectivity index (χ0) is 11.8. The van der Waals surface area contributed by atoms with Gasteiger partial charge in [0, 0.05) is 12.0 Å². The lowest BCUT2D eigenvalue weighted by molar-refractivity contribution is 0.476. The third-order valence-corrected chi connectivity index (χ3v) is 3.10. The lowest BCUT2D eigenvalue weighted by Gasteiger charge is -2.24. The molecule has 0 radical (unpaired) electrons. The van der Waals surface area contributed by atoms with E-state index >= 15 is 0 Å². The van der Waals surface area contributed by atoms with Crippen molar-refractivity contribution >= 4 is 10.8 Å². The fourth-order valence-corrected chi connectivity index (χ4v) is 1.97. The summed E-state index contributed by atoms with van der Waals surface area (Å²) < 4.78 is 0. The van der Waals surface area contributed by atoms with Crippen molar-refractivity contribution in [3.05, 3.63) is 42.0 Å². The Morgan fingerprint density at radius 3 is 2.62 bits per heavy atom. The molecule has 3 N–H and O–H groups in total. The van der Waals surface area contributed by atoms with Gasteiger partial charge < -0.3 is 10.8 Å². The van der Waals surface area contributed by atoms with Crippen LogP contribution in [0.25, 0.3) is 10.8 Å². The number of phenolic OH excluding ortho intramolecular Hbond substituents is 1. The number of aromatic hydroxyl groups is 1. The van der Waals surface area contributed by atoms with Crippen LogP contribution < -0.4 is 5.73 Å². The Labute approximate surface area is 95.7 Å². The van der Waals surface area contributed by atoms with Crippen LogP contribution in [-0.4, -0.2) is 11.7 Å². The minimum Gasteiger partial charge on any atom is -0.508 e. The van der Waals surface area contributed by atoms with E-state index in [0.29, 0.717) is 12.3 Å². The van der Waals surface area contributed by atoms with Crippen LogP contribution in [0.1, 0.15) is 19.4 Å². The normalized spacial score (nSPS) is 11.9. The molecule has 0 spiro atoms. The van der Waals surface area contributed by atoms with Gasteiger partial charge in [-0.3, -0.25) is 0 Å². The number of nitrogens with two attached hydrogens (primary N) is 1. The fraction of sp³-hybridized carbons (Fsp3) is 0.286. The highest BCUT2D eigenvalue weighted by atomic mass is 16.3. The Hall–Kier alpha value is -1.54. The average molecular weight is 215 g/mol. The molecule has 0 aliphatic rings. The molecule has 0 aliphatic carbocycles. The first kappa shape index (κ1) is 11.0. The summed E-state index contributed by atoms with van der Waals surface area (Å²) >= 11 is 0. The molecule has 2 aromatic carbocycles. The fourth-order valence-electron chi connectivity index (χ4n) is 1.97. The van der Waals surface area contributed by atoms with Crippen molar-refractivity contribution in [2.75, 3.05) is 6.54 Å². The maximum Gasteiger partial charge on any atom is 0.116 e. The largest absolute Gasteiger partial charge is 0.508 e. The zero-order valence-electron chi connectivity index (χ0n) is 9.70. The van der Waals surface area contributed by atoms with Crippen LogP contribution in [0, 0.1) is 0 Å². The molecular formula is C14H17NO. The van der Waals surface area contributed by atoms with E-state index in [4.69, 9.17) is 5.73 Å². The molecule has 0 unspecified atom stereocenters. The Bertz CT molecular complexity index is 517. The van der Waals surface area contributed by atoms with E-state index in [9.17, 15) is 5.11 Å². The summed E-state index contributed by atoms with van der Waals surface area (Å²) in [6.07, 6.45) is 0. The standard InChI is InChI=1S/C14H17NO/c1-14(2,9-15)13-5-3-4-10-8-11(16)6-7-12(10)13/h3-8,16H,9,15H2,1-2H3. The van der Waals surface area contributed by atoms with Crippen molar-refractivity contribution in [1.82, 2.24) is 0 Å². The summed E-state index contributed by atoms with van der Waals surface area (Å²) in [5.41, 5.74) is 6.99. The van der Waals surface area contributed by atoms with E-state index in [2.05, 4.69) is 19.9 Å². The van der Waals surface area contributed by atoms with E-state index in [0.717, 1.165) is 10.8 Å². The quantitative estimate of drug-likeness (QED) is 0.809. The molecule has 2 heteroatoms. The molecule has 0 saturated carbocycles. The molecule has 2 nitrogen and oxygen atoms in total. The third-order valence-electron chi connectivity index (χ3n) is 3.10. The minimum absolute atomic E-state index is 0.0452. The topological polar surface area (TPSA) is 46.2 Å². The van der Waals surface area contributed by atoms with Gasteiger partial charge in [-0.05, 0) is 28.5 Å². The van der Waals surface area contributed by atoms with Crippen molar-refractivity contribution in [1.29, 1.82) is 0 Å². The van der Waals surface area contributed by atoms with Crippen LogP contribution >= 0.6 is 0 Å². The Morgan fingerprint density at radius 2 is 1.94 bits per heavy atom. The molecule has 0 saturated heterocycles. The number of rotatable bonds is 2. The minimum atomic E-state index is -0.0452. The van der Waals surface area contributed by atoms with E-state index in [1.165, 1.54) is 5.56 Å². The summed E-state index contributed by atoms with van der Waals surface area (Å²) in [6, 6.07) is 11.6. The van der Waals surface area contributed by atoms with Gasteiger partial charge in [0.05, 0.1) is 0 Å². The Balaban J connectivity index is 2.72. The summed E-state index contributed by atoms with van der Waals surface area (Å²) in [7, 11) is 0. The van der Waals surface area contributed by atoms with E-state index in [-0.39, 0.29) is 5.41 Å². The van der Waals surface area contributed by atoms with Crippen LogP contribution in [0.15, 0.2) is 36.4 Å². The highest BCUT2D eigenvalue weighted by Gasteiger charge is 2.20. The highest BCUT2D eigenvalue weighted by Crippen LogP contribution is 2.31. The summed E-state index contributed by atoms with van der Waals surface area (Å²) in [5.74, 6) is 0.301. The predicted molar refractivity (Wildman–Crippen MR) is 67.7 cm³/mol.